The van der Waals surface area contributed by atoms with Gasteiger partial charge in [-0.2, -0.15) is 0 Å². The van der Waals surface area contributed by atoms with Crippen LogP contribution in [-0.2, 0) is 9.59 Å². The highest BCUT2D eigenvalue weighted by Crippen LogP contribution is 2.45. The first-order valence-corrected chi connectivity index (χ1v) is 7.63. The summed E-state index contributed by atoms with van der Waals surface area (Å²) in [6.45, 7) is 1.72. The van der Waals surface area contributed by atoms with E-state index in [1.54, 1.807) is 0 Å². The van der Waals surface area contributed by atoms with Crippen molar-refractivity contribution in [3.63, 3.8) is 0 Å². The number of carboxylic acid groups (broad SMARTS) is 1. The second-order valence-electron chi connectivity index (χ2n) is 6.71. The minimum Gasteiger partial charge on any atom is -0.481 e. The second kappa shape index (κ2) is 4.80. The van der Waals surface area contributed by atoms with Gasteiger partial charge in [0, 0.05) is 13.1 Å². The Bertz CT molecular complexity index is 381. The second-order valence-corrected chi connectivity index (χ2v) is 6.71. The fraction of sp³-hybridized carbons (Fsp3) is 0.867. The van der Waals surface area contributed by atoms with Crippen LogP contribution in [0.3, 0.4) is 0 Å². The molecule has 3 fully saturated rings. The van der Waals surface area contributed by atoms with Gasteiger partial charge in [0.1, 0.15) is 0 Å². The van der Waals surface area contributed by atoms with Crippen LogP contribution in [0.15, 0.2) is 0 Å². The van der Waals surface area contributed by atoms with Gasteiger partial charge in [-0.1, -0.05) is 19.3 Å². The SMILES string of the molecule is O=C(O)C1CC1C(=O)N1CCCC2(CCCCC2)C1. The monoisotopic (exact) mass is 265 g/mol. The molecular weight excluding hydrogens is 242 g/mol. The van der Waals surface area contributed by atoms with Crippen LogP contribution in [0.5, 0.6) is 0 Å². The molecule has 2 aliphatic carbocycles. The molecule has 0 radical (unpaired) electrons. The van der Waals surface area contributed by atoms with Gasteiger partial charge in [-0.05, 0) is 37.5 Å². The number of carbonyl (C=O) groups excluding carboxylic acids is 1. The molecule has 0 aromatic rings. The lowest BCUT2D eigenvalue weighted by atomic mass is 9.69. The first-order chi connectivity index (χ1) is 9.11. The average molecular weight is 265 g/mol. The molecule has 19 heavy (non-hydrogen) atoms. The average Bonchev–Trinajstić information content (AvgIpc) is 3.19. The molecule has 106 valence electrons. The molecule has 2 saturated carbocycles. The summed E-state index contributed by atoms with van der Waals surface area (Å²) in [6.07, 6.45) is 9.33. The lowest BCUT2D eigenvalue weighted by Crippen LogP contribution is -2.47. The number of amides is 1. The van der Waals surface area contributed by atoms with Crippen LogP contribution in [0, 0.1) is 17.3 Å². The number of piperidine rings is 1. The molecule has 1 saturated heterocycles. The highest BCUT2D eigenvalue weighted by Gasteiger charge is 2.51. The molecule has 1 spiro atoms. The zero-order valence-electron chi connectivity index (χ0n) is 11.4. The number of likely N-dealkylation sites (tertiary alicyclic amines) is 1. The lowest BCUT2D eigenvalue weighted by Gasteiger charge is -2.45. The Labute approximate surface area is 114 Å². The Morgan fingerprint density at radius 2 is 1.68 bits per heavy atom. The maximum atomic E-state index is 12.4. The van der Waals surface area contributed by atoms with Gasteiger partial charge in [0.05, 0.1) is 11.8 Å². The van der Waals surface area contributed by atoms with Gasteiger partial charge in [0.25, 0.3) is 0 Å². The largest absolute Gasteiger partial charge is 0.481 e. The number of carbonyl (C=O) groups is 2. The normalized spacial score (nSPS) is 33.2. The highest BCUT2D eigenvalue weighted by atomic mass is 16.4. The van der Waals surface area contributed by atoms with E-state index in [1.807, 2.05) is 4.90 Å². The Morgan fingerprint density at radius 1 is 1.00 bits per heavy atom. The van der Waals surface area contributed by atoms with Gasteiger partial charge in [-0.15, -0.1) is 0 Å². The Morgan fingerprint density at radius 3 is 2.32 bits per heavy atom. The molecule has 2 unspecified atom stereocenters. The molecule has 3 aliphatic rings. The summed E-state index contributed by atoms with van der Waals surface area (Å²) in [5.74, 6) is -1.33. The fourth-order valence-corrected chi connectivity index (χ4v) is 4.08. The van der Waals surface area contributed by atoms with E-state index in [-0.39, 0.29) is 11.8 Å². The van der Waals surface area contributed by atoms with Crippen molar-refractivity contribution < 1.29 is 14.7 Å². The summed E-state index contributed by atoms with van der Waals surface area (Å²) >= 11 is 0. The van der Waals surface area contributed by atoms with Crippen molar-refractivity contribution in [2.24, 2.45) is 17.3 Å². The van der Waals surface area contributed by atoms with Crippen molar-refractivity contribution in [1.29, 1.82) is 0 Å². The van der Waals surface area contributed by atoms with Crippen molar-refractivity contribution in [2.45, 2.75) is 51.4 Å². The zero-order chi connectivity index (χ0) is 13.5. The van der Waals surface area contributed by atoms with E-state index >= 15 is 0 Å². The van der Waals surface area contributed by atoms with Gasteiger partial charge in [-0.3, -0.25) is 9.59 Å². The summed E-state index contributed by atoms with van der Waals surface area (Å²) in [5.41, 5.74) is 0.361. The molecule has 3 rings (SSSR count). The third kappa shape index (κ3) is 2.49. The lowest BCUT2D eigenvalue weighted by molar-refractivity contribution is -0.143. The van der Waals surface area contributed by atoms with Crippen molar-refractivity contribution in [2.75, 3.05) is 13.1 Å². The number of rotatable bonds is 2. The van der Waals surface area contributed by atoms with Crippen LogP contribution < -0.4 is 0 Å². The van der Waals surface area contributed by atoms with Gasteiger partial charge in [-0.25, -0.2) is 0 Å². The predicted molar refractivity (Wildman–Crippen MR) is 70.6 cm³/mol. The molecule has 0 aromatic carbocycles. The maximum Gasteiger partial charge on any atom is 0.307 e. The summed E-state index contributed by atoms with van der Waals surface area (Å²) in [5, 5.41) is 8.94. The third-order valence-corrected chi connectivity index (χ3v) is 5.31. The van der Waals surface area contributed by atoms with Crippen molar-refractivity contribution in [3.8, 4) is 0 Å². The van der Waals surface area contributed by atoms with E-state index in [2.05, 4.69) is 0 Å². The summed E-state index contributed by atoms with van der Waals surface area (Å²) in [6, 6.07) is 0. The quantitative estimate of drug-likeness (QED) is 0.833. The standard InChI is InChI=1S/C15H23NO3/c17-13(11-9-12(11)14(18)19)16-8-4-7-15(10-16)5-2-1-3-6-15/h11-12H,1-10H2,(H,18,19). The van der Waals surface area contributed by atoms with Gasteiger partial charge < -0.3 is 10.0 Å². The zero-order valence-corrected chi connectivity index (χ0v) is 11.4. The van der Waals surface area contributed by atoms with Crippen LogP contribution in [0.4, 0.5) is 0 Å². The first kappa shape index (κ1) is 12.9. The number of aliphatic carboxylic acids is 1. The molecule has 2 atom stereocenters. The Hall–Kier alpha value is -1.06. The van der Waals surface area contributed by atoms with Crippen LogP contribution in [-0.4, -0.2) is 35.0 Å². The van der Waals surface area contributed by atoms with Crippen molar-refractivity contribution in [1.82, 2.24) is 4.90 Å². The first-order valence-electron chi connectivity index (χ1n) is 7.63. The smallest absolute Gasteiger partial charge is 0.307 e. The van der Waals surface area contributed by atoms with Gasteiger partial charge in [0.15, 0.2) is 0 Å². The van der Waals surface area contributed by atoms with Crippen LogP contribution in [0.2, 0.25) is 0 Å². The van der Waals surface area contributed by atoms with E-state index in [0.717, 1.165) is 19.5 Å². The van der Waals surface area contributed by atoms with Gasteiger partial charge >= 0.3 is 5.97 Å². The Kier molecular flexibility index (Phi) is 3.27. The number of hydrogen-bond donors (Lipinski definition) is 1. The van der Waals surface area contributed by atoms with Gasteiger partial charge in [0.2, 0.25) is 5.91 Å². The molecule has 4 nitrogen and oxygen atoms in total. The third-order valence-electron chi connectivity index (χ3n) is 5.31. The number of nitrogens with zero attached hydrogens (tertiary/aromatic N) is 1. The summed E-state index contributed by atoms with van der Waals surface area (Å²) in [4.78, 5) is 25.2. The van der Waals surface area contributed by atoms with E-state index in [0.29, 0.717) is 11.8 Å². The van der Waals surface area contributed by atoms with Crippen LogP contribution >= 0.6 is 0 Å². The van der Waals surface area contributed by atoms with E-state index < -0.39 is 11.9 Å². The van der Waals surface area contributed by atoms with Crippen LogP contribution in [0.25, 0.3) is 0 Å². The molecule has 1 N–H and O–H groups in total. The fourth-order valence-electron chi connectivity index (χ4n) is 4.08. The molecule has 1 amide bonds. The minimum absolute atomic E-state index is 0.108. The summed E-state index contributed by atoms with van der Waals surface area (Å²) in [7, 11) is 0. The molecule has 1 aliphatic heterocycles. The van der Waals surface area contributed by atoms with E-state index in [9.17, 15) is 9.59 Å². The molecule has 0 aromatic heterocycles. The van der Waals surface area contributed by atoms with Crippen LogP contribution in [0.1, 0.15) is 51.4 Å². The predicted octanol–water partition coefficient (Wildman–Crippen LogP) is 2.28. The molecule has 4 heteroatoms. The van der Waals surface area contributed by atoms with Crippen molar-refractivity contribution >= 4 is 11.9 Å². The van der Waals surface area contributed by atoms with E-state index in [1.165, 1.54) is 38.5 Å². The number of hydrogen-bond acceptors (Lipinski definition) is 2. The number of carboxylic acids is 1. The summed E-state index contributed by atoms with van der Waals surface area (Å²) < 4.78 is 0. The topological polar surface area (TPSA) is 57.6 Å². The Balaban J connectivity index is 1.62. The molecule has 1 heterocycles. The van der Waals surface area contributed by atoms with E-state index in [4.69, 9.17) is 5.11 Å². The minimum atomic E-state index is -0.803. The maximum absolute atomic E-state index is 12.4. The molecular formula is C15H23NO3. The molecule has 0 bridgehead atoms. The van der Waals surface area contributed by atoms with Crippen molar-refractivity contribution in [3.05, 3.63) is 0 Å². The highest BCUT2D eigenvalue weighted by molar-refractivity contribution is 5.89.